The Kier molecular flexibility index (Phi) is 6.12. The summed E-state index contributed by atoms with van der Waals surface area (Å²) in [6.45, 7) is 2.97. The summed E-state index contributed by atoms with van der Waals surface area (Å²) in [4.78, 5) is 2.15. The van der Waals surface area contributed by atoms with Gasteiger partial charge in [0.2, 0.25) is 0 Å². The van der Waals surface area contributed by atoms with Crippen LogP contribution in [0.5, 0.6) is 0 Å². The lowest BCUT2D eigenvalue weighted by Gasteiger charge is -2.23. The molecule has 1 N–H and O–H groups in total. The minimum Gasteiger partial charge on any atom is -0.377 e. The van der Waals surface area contributed by atoms with E-state index in [0.717, 1.165) is 12.2 Å². The fourth-order valence-electron chi connectivity index (χ4n) is 1.96. The molecule has 0 saturated heterocycles. The summed E-state index contributed by atoms with van der Waals surface area (Å²) in [5, 5.41) is 3.39. The number of ether oxygens (including phenoxy) is 2. The number of nitrogens with zero attached hydrogens (tertiary/aromatic N) is 1. The third-order valence-corrected chi connectivity index (χ3v) is 2.69. The van der Waals surface area contributed by atoms with Gasteiger partial charge in [0.15, 0.2) is 6.29 Å². The number of methoxy groups -OCH3 is 2. The lowest BCUT2D eigenvalue weighted by molar-refractivity contribution is -0.109. The molecule has 0 aliphatic heterocycles. The second-order valence-corrected chi connectivity index (χ2v) is 4.71. The van der Waals surface area contributed by atoms with Gasteiger partial charge in [-0.2, -0.15) is 0 Å². The van der Waals surface area contributed by atoms with E-state index in [1.165, 1.54) is 5.56 Å². The van der Waals surface area contributed by atoms with Crippen molar-refractivity contribution in [1.29, 1.82) is 0 Å². The zero-order valence-corrected chi connectivity index (χ0v) is 11.9. The van der Waals surface area contributed by atoms with E-state index in [9.17, 15) is 0 Å². The van der Waals surface area contributed by atoms with Crippen LogP contribution in [0.15, 0.2) is 24.3 Å². The first-order valence-corrected chi connectivity index (χ1v) is 6.12. The molecule has 4 nitrogen and oxygen atoms in total. The van der Waals surface area contributed by atoms with Gasteiger partial charge in [-0.05, 0) is 38.7 Å². The Labute approximate surface area is 110 Å². The zero-order valence-electron chi connectivity index (χ0n) is 11.9. The average Bonchev–Trinajstić information content (AvgIpc) is 2.30. The van der Waals surface area contributed by atoms with Gasteiger partial charge in [-0.25, -0.2) is 0 Å². The van der Waals surface area contributed by atoms with E-state index in [0.29, 0.717) is 0 Å². The molecule has 0 bridgehead atoms. The first-order chi connectivity index (χ1) is 8.56. The van der Waals surface area contributed by atoms with Crippen molar-refractivity contribution in [2.45, 2.75) is 25.8 Å². The smallest absolute Gasteiger partial charge is 0.176 e. The molecule has 0 fully saturated rings. The SMILES string of the molecule is COC(OC)C(C)Nc1cccc(CN(C)C)c1. The molecule has 0 amide bonds. The highest BCUT2D eigenvalue weighted by Crippen LogP contribution is 2.14. The van der Waals surface area contributed by atoms with Crippen molar-refractivity contribution in [2.24, 2.45) is 0 Å². The van der Waals surface area contributed by atoms with Gasteiger partial charge in [0.25, 0.3) is 0 Å². The molecule has 0 aromatic heterocycles. The third kappa shape index (κ3) is 4.64. The minimum absolute atomic E-state index is 0.0922. The van der Waals surface area contributed by atoms with E-state index in [4.69, 9.17) is 9.47 Å². The second-order valence-electron chi connectivity index (χ2n) is 4.71. The van der Waals surface area contributed by atoms with Crippen molar-refractivity contribution in [3.8, 4) is 0 Å². The largest absolute Gasteiger partial charge is 0.377 e. The number of rotatable bonds is 7. The Morgan fingerprint density at radius 3 is 2.44 bits per heavy atom. The highest BCUT2D eigenvalue weighted by Gasteiger charge is 2.15. The summed E-state index contributed by atoms with van der Waals surface area (Å²) in [7, 11) is 7.42. The third-order valence-electron chi connectivity index (χ3n) is 2.69. The Morgan fingerprint density at radius 2 is 1.89 bits per heavy atom. The van der Waals surface area contributed by atoms with Crippen LogP contribution >= 0.6 is 0 Å². The van der Waals surface area contributed by atoms with Gasteiger partial charge in [-0.15, -0.1) is 0 Å². The molecule has 18 heavy (non-hydrogen) atoms. The molecule has 1 unspecified atom stereocenters. The monoisotopic (exact) mass is 252 g/mol. The summed E-state index contributed by atoms with van der Waals surface area (Å²) in [6, 6.07) is 8.48. The van der Waals surface area contributed by atoms with E-state index in [2.05, 4.69) is 48.6 Å². The van der Waals surface area contributed by atoms with Crippen LogP contribution in [-0.4, -0.2) is 45.5 Å². The van der Waals surface area contributed by atoms with Crippen molar-refractivity contribution >= 4 is 5.69 Å². The maximum atomic E-state index is 5.24. The van der Waals surface area contributed by atoms with Crippen LogP contribution in [0.3, 0.4) is 0 Å². The molecule has 0 heterocycles. The molecule has 1 rings (SSSR count). The molecule has 1 aromatic carbocycles. The summed E-state index contributed by atoms with van der Waals surface area (Å²) in [5.74, 6) is 0. The van der Waals surface area contributed by atoms with Gasteiger partial charge in [0, 0.05) is 26.5 Å². The van der Waals surface area contributed by atoms with Crippen LogP contribution in [0.25, 0.3) is 0 Å². The molecule has 0 radical (unpaired) electrons. The zero-order chi connectivity index (χ0) is 13.5. The van der Waals surface area contributed by atoms with Crippen LogP contribution < -0.4 is 5.32 Å². The molecule has 0 saturated carbocycles. The topological polar surface area (TPSA) is 33.7 Å². The maximum absolute atomic E-state index is 5.24. The van der Waals surface area contributed by atoms with Crippen molar-refractivity contribution in [3.05, 3.63) is 29.8 Å². The van der Waals surface area contributed by atoms with Crippen LogP contribution in [0, 0.1) is 0 Å². The molecule has 102 valence electrons. The Hall–Kier alpha value is -1.10. The quantitative estimate of drug-likeness (QED) is 0.754. The highest BCUT2D eigenvalue weighted by atomic mass is 16.7. The first-order valence-electron chi connectivity index (χ1n) is 6.12. The fourth-order valence-corrected chi connectivity index (χ4v) is 1.96. The van der Waals surface area contributed by atoms with Gasteiger partial charge in [-0.3, -0.25) is 0 Å². The highest BCUT2D eigenvalue weighted by molar-refractivity contribution is 5.46. The van der Waals surface area contributed by atoms with Gasteiger partial charge in [-0.1, -0.05) is 12.1 Å². The molecule has 1 atom stereocenters. The van der Waals surface area contributed by atoms with E-state index in [1.807, 2.05) is 6.92 Å². The summed E-state index contributed by atoms with van der Waals surface area (Å²) < 4.78 is 10.5. The summed E-state index contributed by atoms with van der Waals surface area (Å²) in [6.07, 6.45) is -0.248. The molecular weight excluding hydrogens is 228 g/mol. The van der Waals surface area contributed by atoms with Gasteiger partial charge in [0.05, 0.1) is 6.04 Å². The second kappa shape index (κ2) is 7.36. The summed E-state index contributed by atoms with van der Waals surface area (Å²) >= 11 is 0. The predicted molar refractivity (Wildman–Crippen MR) is 74.7 cm³/mol. The Bertz CT molecular complexity index is 351. The Balaban J connectivity index is 2.66. The van der Waals surface area contributed by atoms with E-state index < -0.39 is 0 Å². The van der Waals surface area contributed by atoms with E-state index >= 15 is 0 Å². The Morgan fingerprint density at radius 1 is 1.22 bits per heavy atom. The lowest BCUT2D eigenvalue weighted by atomic mass is 10.2. The van der Waals surface area contributed by atoms with Crippen molar-refractivity contribution < 1.29 is 9.47 Å². The van der Waals surface area contributed by atoms with E-state index in [1.54, 1.807) is 14.2 Å². The molecule has 0 spiro atoms. The number of anilines is 1. The first kappa shape index (κ1) is 15.0. The summed E-state index contributed by atoms with van der Waals surface area (Å²) in [5.41, 5.74) is 2.37. The van der Waals surface area contributed by atoms with Crippen LogP contribution in [0.2, 0.25) is 0 Å². The minimum atomic E-state index is -0.248. The number of benzene rings is 1. The van der Waals surface area contributed by atoms with Crippen LogP contribution in [0.4, 0.5) is 5.69 Å². The standard InChI is InChI=1S/C14H24N2O2/c1-11(14(17-4)18-5)15-13-8-6-7-12(9-13)10-16(2)3/h6-9,11,14-15H,10H2,1-5H3. The molecular formula is C14H24N2O2. The number of hydrogen-bond acceptors (Lipinski definition) is 4. The van der Waals surface area contributed by atoms with Crippen molar-refractivity contribution in [2.75, 3.05) is 33.6 Å². The average molecular weight is 252 g/mol. The van der Waals surface area contributed by atoms with E-state index in [-0.39, 0.29) is 12.3 Å². The predicted octanol–water partition coefficient (Wildman–Crippen LogP) is 2.17. The number of nitrogens with one attached hydrogen (secondary N) is 1. The molecule has 0 aliphatic carbocycles. The normalized spacial score (nSPS) is 13.1. The maximum Gasteiger partial charge on any atom is 0.176 e. The molecule has 0 aliphatic rings. The fraction of sp³-hybridized carbons (Fsp3) is 0.571. The molecule has 4 heteroatoms. The van der Waals surface area contributed by atoms with Gasteiger partial charge in [0.1, 0.15) is 0 Å². The van der Waals surface area contributed by atoms with Crippen LogP contribution in [-0.2, 0) is 16.0 Å². The van der Waals surface area contributed by atoms with Crippen molar-refractivity contribution in [3.63, 3.8) is 0 Å². The molecule has 1 aromatic rings. The number of hydrogen-bond donors (Lipinski definition) is 1. The van der Waals surface area contributed by atoms with Gasteiger partial charge >= 0.3 is 0 Å². The van der Waals surface area contributed by atoms with Crippen molar-refractivity contribution in [1.82, 2.24) is 4.90 Å². The van der Waals surface area contributed by atoms with Crippen LogP contribution in [0.1, 0.15) is 12.5 Å². The lowest BCUT2D eigenvalue weighted by Crippen LogP contribution is -2.33. The van der Waals surface area contributed by atoms with Gasteiger partial charge < -0.3 is 19.7 Å².